The zero-order valence-electron chi connectivity index (χ0n) is 9.20. The van der Waals surface area contributed by atoms with E-state index in [4.69, 9.17) is 5.73 Å². The van der Waals surface area contributed by atoms with Gasteiger partial charge < -0.3 is 10.6 Å². The highest BCUT2D eigenvalue weighted by Gasteiger charge is 2.21. The summed E-state index contributed by atoms with van der Waals surface area (Å²) >= 11 is 0. The molecule has 1 saturated heterocycles. The molecule has 0 bridgehead atoms. The lowest BCUT2D eigenvalue weighted by Gasteiger charge is -2.14. The average molecular weight is 206 g/mol. The minimum Gasteiger partial charge on any atom is -0.378 e. The van der Waals surface area contributed by atoms with E-state index in [0.29, 0.717) is 6.04 Å². The quantitative estimate of drug-likeness (QED) is 0.662. The summed E-state index contributed by atoms with van der Waals surface area (Å²) in [5, 5.41) is 0. The van der Waals surface area contributed by atoms with Crippen molar-refractivity contribution < 1.29 is 0 Å². The molecule has 1 heterocycles. The van der Waals surface area contributed by atoms with Crippen molar-refractivity contribution in [3.63, 3.8) is 0 Å². The standard InChI is InChI=1S/C11H18N4/c1-15(2)9-5-3-8(4-6-9)10-7-11(12)14-13-10/h3-6,10-11,13-14H,7,12H2,1-2H3/t10-,11-/m1/s1. The summed E-state index contributed by atoms with van der Waals surface area (Å²) in [5.74, 6) is 0. The lowest BCUT2D eigenvalue weighted by Crippen LogP contribution is -2.36. The lowest BCUT2D eigenvalue weighted by atomic mass is 10.0. The number of rotatable bonds is 2. The fourth-order valence-corrected chi connectivity index (χ4v) is 1.80. The number of benzene rings is 1. The van der Waals surface area contributed by atoms with Crippen LogP contribution in [0.2, 0.25) is 0 Å². The van der Waals surface area contributed by atoms with Gasteiger partial charge in [-0.1, -0.05) is 12.1 Å². The first kappa shape index (κ1) is 10.4. The van der Waals surface area contributed by atoms with Gasteiger partial charge in [0.2, 0.25) is 0 Å². The fourth-order valence-electron chi connectivity index (χ4n) is 1.80. The van der Waals surface area contributed by atoms with E-state index in [-0.39, 0.29) is 6.17 Å². The van der Waals surface area contributed by atoms with Crippen molar-refractivity contribution in [2.45, 2.75) is 18.6 Å². The third kappa shape index (κ3) is 2.28. The molecule has 1 fully saturated rings. The molecule has 0 spiro atoms. The van der Waals surface area contributed by atoms with Crippen molar-refractivity contribution in [2.24, 2.45) is 5.73 Å². The summed E-state index contributed by atoms with van der Waals surface area (Å²) in [4.78, 5) is 2.09. The Bertz CT molecular complexity index is 320. The van der Waals surface area contributed by atoms with Crippen LogP contribution in [0.1, 0.15) is 18.0 Å². The van der Waals surface area contributed by atoms with Gasteiger partial charge in [0.1, 0.15) is 0 Å². The Labute approximate surface area is 90.4 Å². The molecule has 1 aliphatic rings. The molecule has 1 aromatic carbocycles. The molecule has 15 heavy (non-hydrogen) atoms. The summed E-state index contributed by atoms with van der Waals surface area (Å²) in [6, 6.07) is 8.87. The highest BCUT2D eigenvalue weighted by molar-refractivity contribution is 5.46. The Morgan fingerprint density at radius 2 is 1.87 bits per heavy atom. The van der Waals surface area contributed by atoms with Crippen molar-refractivity contribution in [3.8, 4) is 0 Å². The molecule has 0 radical (unpaired) electrons. The molecule has 0 aliphatic carbocycles. The number of hydrogen-bond acceptors (Lipinski definition) is 4. The maximum atomic E-state index is 5.76. The zero-order valence-corrected chi connectivity index (χ0v) is 9.20. The van der Waals surface area contributed by atoms with Gasteiger partial charge in [-0.3, -0.25) is 0 Å². The van der Waals surface area contributed by atoms with Crippen LogP contribution < -0.4 is 21.5 Å². The summed E-state index contributed by atoms with van der Waals surface area (Å²) in [6.07, 6.45) is 0.991. The van der Waals surface area contributed by atoms with Crippen LogP contribution in [0.15, 0.2) is 24.3 Å². The van der Waals surface area contributed by atoms with Crippen molar-refractivity contribution in [2.75, 3.05) is 19.0 Å². The molecule has 4 nitrogen and oxygen atoms in total. The van der Waals surface area contributed by atoms with Crippen molar-refractivity contribution in [1.82, 2.24) is 10.9 Å². The van der Waals surface area contributed by atoms with Crippen molar-refractivity contribution in [3.05, 3.63) is 29.8 Å². The van der Waals surface area contributed by atoms with Gasteiger partial charge in [0, 0.05) is 25.8 Å². The second-order valence-corrected chi connectivity index (χ2v) is 4.17. The molecule has 2 rings (SSSR count). The summed E-state index contributed by atoms with van der Waals surface area (Å²) in [7, 11) is 4.08. The summed E-state index contributed by atoms with van der Waals surface area (Å²) < 4.78 is 0. The van der Waals surface area contributed by atoms with E-state index in [9.17, 15) is 0 Å². The van der Waals surface area contributed by atoms with Gasteiger partial charge in [0.15, 0.2) is 0 Å². The van der Waals surface area contributed by atoms with Crippen LogP contribution in [0.25, 0.3) is 0 Å². The van der Waals surface area contributed by atoms with Gasteiger partial charge in [-0.15, -0.1) is 0 Å². The monoisotopic (exact) mass is 206 g/mol. The molecule has 4 heteroatoms. The predicted octanol–water partition coefficient (Wildman–Crippen LogP) is 0.576. The molecule has 1 aliphatic heterocycles. The number of hydrogen-bond donors (Lipinski definition) is 3. The minimum atomic E-state index is 0.0588. The van der Waals surface area contributed by atoms with Gasteiger partial charge >= 0.3 is 0 Å². The topological polar surface area (TPSA) is 53.3 Å². The molecule has 2 atom stereocenters. The third-order valence-electron chi connectivity index (χ3n) is 2.74. The lowest BCUT2D eigenvalue weighted by molar-refractivity contribution is 0.552. The van der Waals surface area contributed by atoms with Gasteiger partial charge in [-0.2, -0.15) is 0 Å². The fraction of sp³-hybridized carbons (Fsp3) is 0.455. The normalized spacial score (nSPS) is 25.5. The Morgan fingerprint density at radius 3 is 2.33 bits per heavy atom. The predicted molar refractivity (Wildman–Crippen MR) is 62.4 cm³/mol. The van der Waals surface area contributed by atoms with Crippen molar-refractivity contribution in [1.29, 1.82) is 0 Å². The number of nitrogens with one attached hydrogen (secondary N) is 2. The second-order valence-electron chi connectivity index (χ2n) is 4.17. The third-order valence-corrected chi connectivity index (χ3v) is 2.74. The van der Waals surface area contributed by atoms with E-state index < -0.39 is 0 Å². The molecule has 0 saturated carbocycles. The Morgan fingerprint density at radius 1 is 1.20 bits per heavy atom. The first-order valence-electron chi connectivity index (χ1n) is 5.21. The Balaban J connectivity index is 2.10. The van der Waals surface area contributed by atoms with Crippen LogP contribution in [-0.4, -0.2) is 20.3 Å². The smallest absolute Gasteiger partial charge is 0.0698 e. The molecule has 0 amide bonds. The van der Waals surface area contributed by atoms with E-state index in [2.05, 4.69) is 40.0 Å². The van der Waals surface area contributed by atoms with Gasteiger partial charge in [0.25, 0.3) is 0 Å². The van der Waals surface area contributed by atoms with Gasteiger partial charge in [0.05, 0.1) is 6.17 Å². The number of hydrazine groups is 1. The van der Waals surface area contributed by atoms with Crippen LogP contribution in [0.3, 0.4) is 0 Å². The number of anilines is 1. The SMILES string of the molecule is CN(C)c1ccc([C@H]2C[C@H](N)NN2)cc1. The Kier molecular flexibility index (Phi) is 2.90. The van der Waals surface area contributed by atoms with Gasteiger partial charge in [-0.05, 0) is 24.1 Å². The van der Waals surface area contributed by atoms with Gasteiger partial charge in [-0.25, -0.2) is 10.9 Å². The van der Waals surface area contributed by atoms with Crippen molar-refractivity contribution >= 4 is 5.69 Å². The van der Waals surface area contributed by atoms with E-state index in [1.807, 2.05) is 14.1 Å². The maximum Gasteiger partial charge on any atom is 0.0698 e. The first-order valence-corrected chi connectivity index (χ1v) is 5.21. The highest BCUT2D eigenvalue weighted by Crippen LogP contribution is 2.22. The highest BCUT2D eigenvalue weighted by atomic mass is 15.4. The van der Waals surface area contributed by atoms with Crippen LogP contribution in [0, 0.1) is 0 Å². The van der Waals surface area contributed by atoms with Crippen LogP contribution in [0.4, 0.5) is 5.69 Å². The molecular formula is C11H18N4. The first-order chi connectivity index (χ1) is 7.16. The molecular weight excluding hydrogens is 188 g/mol. The second kappa shape index (κ2) is 4.18. The molecule has 82 valence electrons. The molecule has 1 aromatic rings. The van der Waals surface area contributed by atoms with Crippen LogP contribution in [0.5, 0.6) is 0 Å². The summed E-state index contributed by atoms with van der Waals surface area (Å²) in [5.41, 5.74) is 14.5. The zero-order chi connectivity index (χ0) is 10.8. The molecule has 4 N–H and O–H groups in total. The average Bonchev–Trinajstić information content (AvgIpc) is 2.65. The number of nitrogens with two attached hydrogens (primary N) is 1. The van der Waals surface area contributed by atoms with E-state index >= 15 is 0 Å². The van der Waals surface area contributed by atoms with Crippen LogP contribution in [-0.2, 0) is 0 Å². The number of nitrogens with zero attached hydrogens (tertiary/aromatic N) is 1. The molecule has 0 unspecified atom stereocenters. The largest absolute Gasteiger partial charge is 0.378 e. The maximum absolute atomic E-state index is 5.76. The summed E-state index contributed by atoms with van der Waals surface area (Å²) in [6.45, 7) is 0. The Hall–Kier alpha value is -1.10. The van der Waals surface area contributed by atoms with Crippen LogP contribution >= 0.6 is 0 Å². The van der Waals surface area contributed by atoms with E-state index in [1.165, 1.54) is 11.3 Å². The van der Waals surface area contributed by atoms with E-state index in [0.717, 1.165) is 6.42 Å². The molecule has 0 aromatic heterocycles. The minimum absolute atomic E-state index is 0.0588. The van der Waals surface area contributed by atoms with E-state index in [1.54, 1.807) is 0 Å².